The molecule has 106 valence electrons. The molecule has 2 aliphatic rings. The van der Waals surface area contributed by atoms with Crippen LogP contribution in [-0.4, -0.2) is 53.9 Å². The molecular weight excluding hydrogens is 266 g/mol. The van der Waals surface area contributed by atoms with E-state index >= 15 is 0 Å². The highest BCUT2D eigenvalue weighted by Crippen LogP contribution is 2.28. The molecule has 0 radical (unpaired) electrons. The third-order valence-electron chi connectivity index (χ3n) is 3.15. The number of amides is 3. The molecule has 1 heterocycles. The largest absolute Gasteiger partial charge is 0.354 e. The fourth-order valence-electron chi connectivity index (χ4n) is 1.83. The van der Waals surface area contributed by atoms with Crippen LogP contribution in [0.4, 0.5) is 4.79 Å². The first-order chi connectivity index (χ1) is 9.16. The van der Waals surface area contributed by atoms with Gasteiger partial charge in [0.25, 0.3) is 5.24 Å². The van der Waals surface area contributed by atoms with E-state index in [1.54, 1.807) is 4.90 Å². The summed E-state index contributed by atoms with van der Waals surface area (Å²) in [6.07, 6.45) is 2.29. The van der Waals surface area contributed by atoms with Gasteiger partial charge in [-0.3, -0.25) is 14.4 Å². The van der Waals surface area contributed by atoms with Crippen molar-refractivity contribution in [2.24, 2.45) is 5.92 Å². The minimum atomic E-state index is -0.0784. The average Bonchev–Trinajstić information content (AvgIpc) is 3.16. The Morgan fingerprint density at radius 2 is 2.00 bits per heavy atom. The predicted molar refractivity (Wildman–Crippen MR) is 72.8 cm³/mol. The SMILES string of the molecule is O=C(CCN1CCSC1=O)NCCNC(=O)C1CC1. The summed E-state index contributed by atoms with van der Waals surface area (Å²) in [5.74, 6) is 1.03. The Kier molecular flexibility index (Phi) is 5.07. The highest BCUT2D eigenvalue weighted by molar-refractivity contribution is 8.13. The van der Waals surface area contributed by atoms with E-state index in [9.17, 15) is 14.4 Å². The third kappa shape index (κ3) is 4.74. The molecule has 0 bridgehead atoms. The lowest BCUT2D eigenvalue weighted by atomic mass is 10.3. The van der Waals surface area contributed by atoms with Gasteiger partial charge in [0.1, 0.15) is 0 Å². The first-order valence-corrected chi connectivity index (χ1v) is 7.61. The summed E-state index contributed by atoms with van der Waals surface area (Å²) < 4.78 is 0. The van der Waals surface area contributed by atoms with E-state index in [2.05, 4.69) is 10.6 Å². The van der Waals surface area contributed by atoms with E-state index in [1.807, 2.05) is 0 Å². The van der Waals surface area contributed by atoms with Crippen LogP contribution in [-0.2, 0) is 9.59 Å². The molecule has 2 fully saturated rings. The number of hydrogen-bond acceptors (Lipinski definition) is 4. The van der Waals surface area contributed by atoms with Crippen molar-refractivity contribution < 1.29 is 14.4 Å². The standard InChI is InChI=1S/C12H19N3O3S/c16-10(3-6-15-7-8-19-12(15)18)13-4-5-14-11(17)9-1-2-9/h9H,1-8H2,(H,13,16)(H,14,17). The predicted octanol–water partition coefficient (Wildman–Crippen LogP) is 0.188. The van der Waals surface area contributed by atoms with Gasteiger partial charge in [-0.05, 0) is 12.8 Å². The zero-order valence-electron chi connectivity index (χ0n) is 10.8. The molecule has 0 unspecified atom stereocenters. The fourth-order valence-corrected chi connectivity index (χ4v) is 2.68. The second-order valence-electron chi connectivity index (χ2n) is 4.77. The van der Waals surface area contributed by atoms with Crippen molar-refractivity contribution in [1.82, 2.24) is 15.5 Å². The summed E-state index contributed by atoms with van der Waals surface area (Å²) in [5, 5.41) is 5.58. The lowest BCUT2D eigenvalue weighted by Gasteiger charge is -2.13. The van der Waals surface area contributed by atoms with Gasteiger partial charge in [-0.2, -0.15) is 0 Å². The van der Waals surface area contributed by atoms with Gasteiger partial charge in [0.15, 0.2) is 0 Å². The molecule has 0 atom stereocenters. The van der Waals surface area contributed by atoms with Crippen LogP contribution in [0.2, 0.25) is 0 Å². The fraction of sp³-hybridized carbons (Fsp3) is 0.750. The molecular formula is C12H19N3O3S. The van der Waals surface area contributed by atoms with Gasteiger partial charge in [-0.1, -0.05) is 11.8 Å². The molecule has 0 aromatic heterocycles. The number of carbonyl (C=O) groups excluding carboxylic acids is 3. The van der Waals surface area contributed by atoms with E-state index in [1.165, 1.54) is 11.8 Å². The lowest BCUT2D eigenvalue weighted by molar-refractivity contribution is -0.123. The maximum atomic E-state index is 11.5. The molecule has 1 saturated carbocycles. The van der Waals surface area contributed by atoms with Crippen LogP contribution in [0.5, 0.6) is 0 Å². The highest BCUT2D eigenvalue weighted by Gasteiger charge is 2.29. The van der Waals surface area contributed by atoms with E-state index in [-0.39, 0.29) is 23.0 Å². The van der Waals surface area contributed by atoms with Gasteiger partial charge >= 0.3 is 0 Å². The van der Waals surface area contributed by atoms with Gasteiger partial charge in [0, 0.05) is 44.3 Å². The molecule has 3 amide bonds. The third-order valence-corrected chi connectivity index (χ3v) is 4.04. The highest BCUT2D eigenvalue weighted by atomic mass is 32.2. The molecule has 6 nitrogen and oxygen atoms in total. The Hall–Kier alpha value is -1.24. The minimum Gasteiger partial charge on any atom is -0.354 e. The van der Waals surface area contributed by atoms with Crippen molar-refractivity contribution >= 4 is 28.8 Å². The molecule has 1 aliphatic heterocycles. The van der Waals surface area contributed by atoms with E-state index < -0.39 is 0 Å². The van der Waals surface area contributed by atoms with Gasteiger partial charge in [0.05, 0.1) is 0 Å². The Labute approximate surface area is 116 Å². The Morgan fingerprint density at radius 3 is 2.63 bits per heavy atom. The van der Waals surface area contributed by atoms with Crippen molar-refractivity contribution in [3.05, 3.63) is 0 Å². The Balaban J connectivity index is 1.49. The number of thioether (sulfide) groups is 1. The summed E-state index contributed by atoms with van der Waals surface area (Å²) in [4.78, 5) is 35.8. The van der Waals surface area contributed by atoms with Crippen molar-refractivity contribution in [1.29, 1.82) is 0 Å². The summed E-state index contributed by atoms with van der Waals surface area (Å²) in [6, 6.07) is 0. The number of hydrogen-bond donors (Lipinski definition) is 2. The second-order valence-corrected chi connectivity index (χ2v) is 5.81. The Bertz CT molecular complexity index is 371. The Morgan fingerprint density at radius 1 is 1.26 bits per heavy atom. The lowest BCUT2D eigenvalue weighted by Crippen LogP contribution is -2.36. The van der Waals surface area contributed by atoms with Crippen molar-refractivity contribution in [3.63, 3.8) is 0 Å². The minimum absolute atomic E-state index is 0.0597. The van der Waals surface area contributed by atoms with E-state index in [0.29, 0.717) is 26.1 Å². The quantitative estimate of drug-likeness (QED) is 0.654. The van der Waals surface area contributed by atoms with Crippen LogP contribution in [0.3, 0.4) is 0 Å². The van der Waals surface area contributed by atoms with Gasteiger partial charge in [0.2, 0.25) is 11.8 Å². The van der Waals surface area contributed by atoms with E-state index in [0.717, 1.165) is 25.1 Å². The van der Waals surface area contributed by atoms with Crippen LogP contribution in [0.25, 0.3) is 0 Å². The molecule has 19 heavy (non-hydrogen) atoms. The maximum absolute atomic E-state index is 11.5. The average molecular weight is 285 g/mol. The van der Waals surface area contributed by atoms with Crippen LogP contribution in [0.15, 0.2) is 0 Å². The maximum Gasteiger partial charge on any atom is 0.281 e. The van der Waals surface area contributed by atoms with Crippen molar-refractivity contribution in [3.8, 4) is 0 Å². The molecule has 0 aromatic rings. The molecule has 2 N–H and O–H groups in total. The molecule has 1 saturated heterocycles. The molecule has 2 rings (SSSR count). The summed E-state index contributed by atoms with van der Waals surface area (Å²) in [6.45, 7) is 2.12. The zero-order chi connectivity index (χ0) is 13.7. The van der Waals surface area contributed by atoms with Crippen molar-refractivity contribution in [2.45, 2.75) is 19.3 Å². The van der Waals surface area contributed by atoms with Gasteiger partial charge in [-0.25, -0.2) is 0 Å². The first-order valence-electron chi connectivity index (χ1n) is 6.63. The van der Waals surface area contributed by atoms with Crippen LogP contribution >= 0.6 is 11.8 Å². The summed E-state index contributed by atoms with van der Waals surface area (Å²) >= 11 is 1.30. The zero-order valence-corrected chi connectivity index (χ0v) is 11.6. The smallest absolute Gasteiger partial charge is 0.281 e. The molecule has 1 aliphatic carbocycles. The van der Waals surface area contributed by atoms with Crippen molar-refractivity contribution in [2.75, 3.05) is 31.9 Å². The number of carbonyl (C=O) groups is 3. The normalized spacial score (nSPS) is 18.5. The second kappa shape index (κ2) is 6.79. The molecule has 7 heteroatoms. The first kappa shape index (κ1) is 14.2. The number of nitrogens with one attached hydrogen (secondary N) is 2. The van der Waals surface area contributed by atoms with Crippen LogP contribution in [0, 0.1) is 5.92 Å². The number of nitrogens with zero attached hydrogens (tertiary/aromatic N) is 1. The monoisotopic (exact) mass is 285 g/mol. The van der Waals surface area contributed by atoms with E-state index in [4.69, 9.17) is 0 Å². The van der Waals surface area contributed by atoms with Crippen LogP contribution < -0.4 is 10.6 Å². The van der Waals surface area contributed by atoms with Gasteiger partial charge in [-0.15, -0.1) is 0 Å². The molecule has 0 aromatic carbocycles. The summed E-state index contributed by atoms with van der Waals surface area (Å²) in [5.41, 5.74) is 0. The summed E-state index contributed by atoms with van der Waals surface area (Å²) in [7, 11) is 0. The van der Waals surface area contributed by atoms with Crippen LogP contribution in [0.1, 0.15) is 19.3 Å². The number of rotatable bonds is 7. The molecule has 0 spiro atoms. The van der Waals surface area contributed by atoms with Gasteiger partial charge < -0.3 is 15.5 Å². The topological polar surface area (TPSA) is 78.5 Å².